The van der Waals surface area contributed by atoms with Gasteiger partial charge in [-0.15, -0.1) is 0 Å². The molecule has 0 aliphatic carbocycles. The molecule has 0 aliphatic heterocycles. The fourth-order valence-corrected chi connectivity index (χ4v) is 4.29. The smallest absolute Gasteiger partial charge is 0.398 e. The number of benzene rings is 2. The Morgan fingerprint density at radius 3 is 2.35 bits per heavy atom. The molecular weight excluding hydrogens is 432 g/mol. The number of aryl methyl sites for hydroxylation is 1. The zero-order valence-corrected chi connectivity index (χ0v) is 17.8. The number of nitrogen functional groups attached to an aromatic ring is 1. The van der Waals surface area contributed by atoms with Crippen LogP contribution in [-0.4, -0.2) is 19.2 Å². The number of hydrogen-bond donors (Lipinski definition) is 1. The summed E-state index contributed by atoms with van der Waals surface area (Å²) in [6.07, 6.45) is -3.41. The summed E-state index contributed by atoms with van der Waals surface area (Å²) in [5, 5.41) is 0. The Hall–Kier alpha value is -2.94. The maximum absolute atomic E-state index is 14.6. The highest BCUT2D eigenvalue weighted by Crippen LogP contribution is 2.45. The van der Waals surface area contributed by atoms with Gasteiger partial charge in [-0.2, -0.15) is 17.6 Å². The molecule has 2 N–H and O–H groups in total. The highest BCUT2D eigenvalue weighted by atomic mass is 32.2. The summed E-state index contributed by atoms with van der Waals surface area (Å²) in [6, 6.07) is 7.84. The quantitative estimate of drug-likeness (QED) is 0.319. The van der Waals surface area contributed by atoms with Crippen LogP contribution >= 0.6 is 0 Å². The molecule has 1 aromatic heterocycles. The van der Waals surface area contributed by atoms with Crippen LogP contribution in [0.25, 0.3) is 22.3 Å². The highest BCUT2D eigenvalue weighted by Gasteiger charge is 2.35. The Labute approximate surface area is 177 Å². The van der Waals surface area contributed by atoms with Crippen molar-refractivity contribution in [2.24, 2.45) is 0 Å². The van der Waals surface area contributed by atoms with Crippen LogP contribution in [0, 0.1) is 19.8 Å². The van der Waals surface area contributed by atoms with Gasteiger partial charge in [0.15, 0.2) is 9.84 Å². The first-order valence-electron chi connectivity index (χ1n) is 9.32. The van der Waals surface area contributed by atoms with Crippen molar-refractivity contribution in [2.75, 3.05) is 11.5 Å². The molecule has 3 aromatic rings. The molecule has 0 aliphatic rings. The van der Waals surface area contributed by atoms with E-state index in [1.807, 2.05) is 0 Å². The van der Waals surface area contributed by atoms with Gasteiger partial charge in [0.1, 0.15) is 0 Å². The van der Waals surface area contributed by atoms with Crippen molar-refractivity contribution in [1.82, 2.24) is 4.98 Å². The molecule has 9 heteroatoms. The molecule has 0 bridgehead atoms. The molecule has 2 aromatic carbocycles. The van der Waals surface area contributed by atoms with Crippen LogP contribution in [-0.2, 0) is 16.0 Å². The number of nitrogens with zero attached hydrogens (tertiary/aromatic N) is 1. The third-order valence-corrected chi connectivity index (χ3v) is 6.80. The molecule has 0 fully saturated rings. The third kappa shape index (κ3) is 4.27. The van der Waals surface area contributed by atoms with Gasteiger partial charge < -0.3 is 5.73 Å². The van der Waals surface area contributed by atoms with Gasteiger partial charge in [-0.1, -0.05) is 19.1 Å². The summed E-state index contributed by atoms with van der Waals surface area (Å²) in [4.78, 5) is 3.61. The first-order chi connectivity index (χ1) is 14.4. The topological polar surface area (TPSA) is 73.0 Å². The predicted octanol–water partition coefficient (Wildman–Crippen LogP) is 5.57. The van der Waals surface area contributed by atoms with Crippen molar-refractivity contribution < 1.29 is 26.0 Å². The second-order valence-electron chi connectivity index (χ2n) is 7.17. The Balaban J connectivity index is 2.45. The molecule has 4 nitrogen and oxygen atoms in total. The Kier molecular flexibility index (Phi) is 5.84. The molecular formula is C22H20F4N2O2S. The number of aromatic nitrogens is 1. The molecule has 3 rings (SSSR count). The molecule has 0 unspecified atom stereocenters. The van der Waals surface area contributed by atoms with Crippen molar-refractivity contribution in [3.8, 4) is 22.3 Å². The number of nitrogens with two attached hydrogens (primary N) is 1. The number of anilines is 1. The van der Waals surface area contributed by atoms with Gasteiger partial charge in [0, 0.05) is 23.0 Å². The average molecular weight is 452 g/mol. The van der Waals surface area contributed by atoms with Gasteiger partial charge >= 0.3 is 6.18 Å². The molecule has 0 radical (unpaired) electrons. The lowest BCUT2D eigenvalue weighted by atomic mass is 9.88. The lowest BCUT2D eigenvalue weighted by Gasteiger charge is -2.21. The van der Waals surface area contributed by atoms with Crippen molar-refractivity contribution in [2.45, 2.75) is 31.8 Å². The number of alkyl halides is 3. The first kappa shape index (κ1) is 22.7. The van der Waals surface area contributed by atoms with E-state index in [4.69, 9.17) is 5.73 Å². The van der Waals surface area contributed by atoms with Gasteiger partial charge in [0.05, 0.1) is 16.2 Å². The van der Waals surface area contributed by atoms with E-state index in [1.54, 1.807) is 6.92 Å². The lowest BCUT2D eigenvalue weighted by Crippen LogP contribution is -2.11. The molecule has 0 saturated carbocycles. The van der Waals surface area contributed by atoms with Gasteiger partial charge in [-0.3, -0.25) is 0 Å². The van der Waals surface area contributed by atoms with E-state index in [0.717, 1.165) is 6.07 Å². The van der Waals surface area contributed by atoms with Gasteiger partial charge in [0.2, 0.25) is 5.95 Å². The van der Waals surface area contributed by atoms with Crippen molar-refractivity contribution in [1.29, 1.82) is 0 Å². The van der Waals surface area contributed by atoms with E-state index in [1.165, 1.54) is 50.4 Å². The standard InChI is InChI=1S/C22H20F4N2O2S/c1-4-31(29,30)15-7-5-6-14(9-15)16-10-18(22(24,25)26)13(3)20(27)19(16)17-8-12(2)11-28-21(17)23/h5-11H,4,27H2,1-3H3. The van der Waals surface area contributed by atoms with E-state index >= 15 is 0 Å². The normalized spacial score (nSPS) is 12.2. The molecule has 0 amide bonds. The Bertz CT molecular complexity index is 1270. The summed E-state index contributed by atoms with van der Waals surface area (Å²) in [5.41, 5.74) is 5.32. The lowest BCUT2D eigenvalue weighted by molar-refractivity contribution is -0.137. The van der Waals surface area contributed by atoms with E-state index < -0.39 is 27.5 Å². The fourth-order valence-electron chi connectivity index (χ4n) is 3.37. The van der Waals surface area contributed by atoms with Crippen molar-refractivity contribution in [3.05, 3.63) is 65.2 Å². The van der Waals surface area contributed by atoms with Gasteiger partial charge in [-0.05, 0) is 60.4 Å². The molecule has 31 heavy (non-hydrogen) atoms. The van der Waals surface area contributed by atoms with E-state index in [0.29, 0.717) is 5.56 Å². The molecule has 0 spiro atoms. The summed E-state index contributed by atoms with van der Waals surface area (Å²) >= 11 is 0. The van der Waals surface area contributed by atoms with Crippen molar-refractivity contribution >= 4 is 15.5 Å². The first-order valence-corrected chi connectivity index (χ1v) is 11.0. The number of pyridine rings is 1. The van der Waals surface area contributed by atoms with Crippen LogP contribution in [0.4, 0.5) is 23.2 Å². The maximum Gasteiger partial charge on any atom is 0.416 e. The van der Waals surface area contributed by atoms with E-state index in [-0.39, 0.29) is 44.2 Å². The van der Waals surface area contributed by atoms with Crippen LogP contribution in [0.2, 0.25) is 0 Å². The Morgan fingerprint density at radius 2 is 1.74 bits per heavy atom. The average Bonchev–Trinajstić information content (AvgIpc) is 2.71. The number of hydrogen-bond acceptors (Lipinski definition) is 4. The molecule has 0 saturated heterocycles. The Morgan fingerprint density at radius 1 is 1.06 bits per heavy atom. The molecule has 164 valence electrons. The van der Waals surface area contributed by atoms with Gasteiger partial charge in [0.25, 0.3) is 0 Å². The minimum absolute atomic E-state index is 0.0325. The largest absolute Gasteiger partial charge is 0.416 e. The maximum atomic E-state index is 14.6. The van der Waals surface area contributed by atoms with Crippen LogP contribution in [0.3, 0.4) is 0 Å². The van der Waals surface area contributed by atoms with Crippen LogP contribution in [0.15, 0.2) is 47.5 Å². The van der Waals surface area contributed by atoms with Crippen molar-refractivity contribution in [3.63, 3.8) is 0 Å². The fraction of sp³-hybridized carbons (Fsp3) is 0.227. The number of sulfone groups is 1. The molecule has 0 atom stereocenters. The third-order valence-electron chi connectivity index (χ3n) is 5.07. The number of rotatable bonds is 4. The summed E-state index contributed by atoms with van der Waals surface area (Å²) in [7, 11) is -3.62. The zero-order valence-electron chi connectivity index (χ0n) is 17.0. The minimum atomic E-state index is -4.71. The summed E-state index contributed by atoms with van der Waals surface area (Å²) in [5.74, 6) is -1.07. The zero-order chi connectivity index (χ0) is 23.1. The van der Waals surface area contributed by atoms with Gasteiger partial charge in [-0.25, -0.2) is 13.4 Å². The monoisotopic (exact) mass is 452 g/mol. The predicted molar refractivity (Wildman–Crippen MR) is 112 cm³/mol. The second kappa shape index (κ2) is 7.96. The number of halogens is 4. The minimum Gasteiger partial charge on any atom is -0.398 e. The summed E-state index contributed by atoms with van der Waals surface area (Å²) in [6.45, 7) is 4.34. The SMILES string of the molecule is CCS(=O)(=O)c1cccc(-c2cc(C(F)(F)F)c(C)c(N)c2-c2cc(C)cnc2F)c1. The van der Waals surface area contributed by atoms with Crippen LogP contribution < -0.4 is 5.73 Å². The second-order valence-corrected chi connectivity index (χ2v) is 9.44. The molecule has 1 heterocycles. The van der Waals surface area contributed by atoms with Crippen LogP contribution in [0.1, 0.15) is 23.6 Å². The van der Waals surface area contributed by atoms with Crippen LogP contribution in [0.5, 0.6) is 0 Å². The van der Waals surface area contributed by atoms with E-state index in [9.17, 15) is 26.0 Å². The summed E-state index contributed by atoms with van der Waals surface area (Å²) < 4.78 is 80.3. The highest BCUT2D eigenvalue weighted by molar-refractivity contribution is 7.91. The van der Waals surface area contributed by atoms with E-state index in [2.05, 4.69) is 4.98 Å².